The smallest absolute Gasteiger partial charge is 0.222 e. The maximum atomic E-state index is 11.8. The van der Waals surface area contributed by atoms with Crippen LogP contribution >= 0.6 is 15.9 Å². The average Bonchev–Trinajstić information content (AvgIpc) is 2.75. The summed E-state index contributed by atoms with van der Waals surface area (Å²) < 4.78 is 1.05. The van der Waals surface area contributed by atoms with Crippen molar-refractivity contribution < 1.29 is 9.90 Å². The number of carbonyl (C=O) groups is 1. The predicted molar refractivity (Wildman–Crippen MR) is 69.7 cm³/mol. The highest BCUT2D eigenvalue weighted by molar-refractivity contribution is 9.10. The zero-order valence-electron chi connectivity index (χ0n) is 9.60. The van der Waals surface area contributed by atoms with Gasteiger partial charge in [0, 0.05) is 24.0 Å². The van der Waals surface area contributed by atoms with Crippen LogP contribution < -0.4 is 0 Å². The van der Waals surface area contributed by atoms with Crippen LogP contribution in [-0.2, 0) is 11.2 Å². The molecule has 1 aromatic rings. The number of benzene rings is 1. The number of hydrogen-bond donors (Lipinski definition) is 1. The van der Waals surface area contributed by atoms with E-state index in [0.29, 0.717) is 25.9 Å². The number of aryl methyl sites for hydroxylation is 1. The van der Waals surface area contributed by atoms with E-state index in [1.54, 1.807) is 4.90 Å². The topological polar surface area (TPSA) is 40.5 Å². The summed E-state index contributed by atoms with van der Waals surface area (Å²) in [7, 11) is 0. The van der Waals surface area contributed by atoms with Crippen LogP contribution in [0.4, 0.5) is 0 Å². The molecule has 1 aromatic carbocycles. The number of nitrogens with zero attached hydrogens (tertiary/aromatic N) is 1. The van der Waals surface area contributed by atoms with Crippen LogP contribution in [-0.4, -0.2) is 35.1 Å². The normalized spacial score (nSPS) is 19.6. The van der Waals surface area contributed by atoms with Gasteiger partial charge >= 0.3 is 0 Å². The number of rotatable bonds is 3. The Morgan fingerprint density at radius 3 is 2.71 bits per heavy atom. The first-order valence-corrected chi connectivity index (χ1v) is 6.65. The van der Waals surface area contributed by atoms with E-state index in [4.69, 9.17) is 0 Å². The van der Waals surface area contributed by atoms with E-state index in [1.165, 1.54) is 5.56 Å². The van der Waals surface area contributed by atoms with Gasteiger partial charge < -0.3 is 10.0 Å². The molecule has 0 radical (unpaired) electrons. The molecule has 1 N–H and O–H groups in total. The number of halogens is 1. The van der Waals surface area contributed by atoms with E-state index in [1.807, 2.05) is 24.3 Å². The highest BCUT2D eigenvalue weighted by Crippen LogP contribution is 2.14. The first kappa shape index (κ1) is 12.6. The van der Waals surface area contributed by atoms with E-state index in [2.05, 4.69) is 15.9 Å². The predicted octanol–water partition coefficient (Wildman–Crippen LogP) is 1.97. The average molecular weight is 298 g/mol. The lowest BCUT2D eigenvalue weighted by atomic mass is 10.1. The summed E-state index contributed by atoms with van der Waals surface area (Å²) in [5, 5.41) is 9.37. The fraction of sp³-hybridized carbons (Fsp3) is 0.462. The van der Waals surface area contributed by atoms with E-state index >= 15 is 0 Å². The van der Waals surface area contributed by atoms with Gasteiger partial charge in [0.1, 0.15) is 0 Å². The minimum Gasteiger partial charge on any atom is -0.391 e. The van der Waals surface area contributed by atoms with Crippen LogP contribution in [0.2, 0.25) is 0 Å². The van der Waals surface area contributed by atoms with Crippen molar-refractivity contribution >= 4 is 21.8 Å². The van der Waals surface area contributed by atoms with Gasteiger partial charge in [-0.05, 0) is 30.5 Å². The van der Waals surface area contributed by atoms with Crippen LogP contribution in [0.25, 0.3) is 0 Å². The number of amides is 1. The molecule has 0 unspecified atom stereocenters. The van der Waals surface area contributed by atoms with Crippen molar-refractivity contribution in [3.05, 3.63) is 34.3 Å². The van der Waals surface area contributed by atoms with Crippen molar-refractivity contribution in [2.75, 3.05) is 13.1 Å². The van der Waals surface area contributed by atoms with Crippen LogP contribution in [0.15, 0.2) is 28.7 Å². The number of likely N-dealkylation sites (tertiary alicyclic amines) is 1. The van der Waals surface area contributed by atoms with Gasteiger partial charge in [-0.15, -0.1) is 0 Å². The molecule has 1 amide bonds. The molecular formula is C13H16BrNO2. The van der Waals surface area contributed by atoms with Crippen molar-refractivity contribution in [2.45, 2.75) is 25.4 Å². The molecule has 1 fully saturated rings. The molecular weight excluding hydrogens is 282 g/mol. The minimum absolute atomic E-state index is 0.143. The molecule has 2 rings (SSSR count). The lowest BCUT2D eigenvalue weighted by molar-refractivity contribution is -0.130. The van der Waals surface area contributed by atoms with Crippen LogP contribution in [0.5, 0.6) is 0 Å². The highest BCUT2D eigenvalue weighted by atomic mass is 79.9. The lowest BCUT2D eigenvalue weighted by Crippen LogP contribution is -2.29. The van der Waals surface area contributed by atoms with Gasteiger partial charge in [-0.2, -0.15) is 0 Å². The Morgan fingerprint density at radius 1 is 1.41 bits per heavy atom. The van der Waals surface area contributed by atoms with Crippen LogP contribution in [0, 0.1) is 0 Å². The number of β-amino-alcohol motifs (C(OH)–C–C–N with tert-alkyl or cyclic N) is 1. The fourth-order valence-electron chi connectivity index (χ4n) is 2.03. The second-order valence-corrected chi connectivity index (χ2v) is 5.32. The molecule has 1 saturated heterocycles. The highest BCUT2D eigenvalue weighted by Gasteiger charge is 2.23. The Hall–Kier alpha value is -0.870. The largest absolute Gasteiger partial charge is 0.391 e. The van der Waals surface area contributed by atoms with Gasteiger partial charge in [-0.25, -0.2) is 0 Å². The Balaban J connectivity index is 1.82. The Labute approximate surface area is 110 Å². The third kappa shape index (κ3) is 3.54. The second kappa shape index (κ2) is 5.65. The molecule has 0 saturated carbocycles. The minimum atomic E-state index is -0.327. The van der Waals surface area contributed by atoms with Crippen LogP contribution in [0.1, 0.15) is 18.4 Å². The van der Waals surface area contributed by atoms with Crippen molar-refractivity contribution in [3.8, 4) is 0 Å². The van der Waals surface area contributed by atoms with Crippen LogP contribution in [0.3, 0.4) is 0 Å². The number of carbonyl (C=O) groups excluding carboxylic acids is 1. The molecule has 0 spiro atoms. The van der Waals surface area contributed by atoms with Gasteiger partial charge in [-0.3, -0.25) is 4.79 Å². The number of aliphatic hydroxyl groups excluding tert-OH is 1. The summed E-state index contributed by atoms with van der Waals surface area (Å²) >= 11 is 3.38. The van der Waals surface area contributed by atoms with Crippen molar-refractivity contribution in [3.63, 3.8) is 0 Å². The summed E-state index contributed by atoms with van der Waals surface area (Å²) in [5.41, 5.74) is 1.17. The lowest BCUT2D eigenvalue weighted by Gasteiger charge is -2.15. The molecule has 1 aliphatic heterocycles. The monoisotopic (exact) mass is 297 g/mol. The van der Waals surface area contributed by atoms with E-state index in [-0.39, 0.29) is 12.0 Å². The molecule has 4 heteroatoms. The SMILES string of the molecule is O=C(CCc1ccc(Br)cc1)N1CC[C@@H](O)C1. The maximum Gasteiger partial charge on any atom is 0.222 e. The van der Waals surface area contributed by atoms with Crippen molar-refractivity contribution in [1.82, 2.24) is 4.90 Å². The van der Waals surface area contributed by atoms with Gasteiger partial charge in [0.05, 0.1) is 6.10 Å². The summed E-state index contributed by atoms with van der Waals surface area (Å²) in [6.07, 6.45) is 1.67. The van der Waals surface area contributed by atoms with Crippen molar-refractivity contribution in [2.24, 2.45) is 0 Å². The fourth-order valence-corrected chi connectivity index (χ4v) is 2.29. The Morgan fingerprint density at radius 2 is 2.12 bits per heavy atom. The third-order valence-electron chi connectivity index (χ3n) is 3.06. The Bertz CT molecular complexity index is 391. The van der Waals surface area contributed by atoms with Gasteiger partial charge in [-0.1, -0.05) is 28.1 Å². The number of hydrogen-bond acceptors (Lipinski definition) is 2. The Kier molecular flexibility index (Phi) is 4.18. The van der Waals surface area contributed by atoms with E-state index in [0.717, 1.165) is 10.9 Å². The molecule has 17 heavy (non-hydrogen) atoms. The summed E-state index contributed by atoms with van der Waals surface area (Å²) in [5.74, 6) is 0.143. The molecule has 1 heterocycles. The van der Waals surface area contributed by atoms with Crippen molar-refractivity contribution in [1.29, 1.82) is 0 Å². The van der Waals surface area contributed by atoms with Gasteiger partial charge in [0.2, 0.25) is 5.91 Å². The zero-order chi connectivity index (χ0) is 12.3. The molecule has 1 atom stereocenters. The first-order chi connectivity index (χ1) is 8.15. The summed E-state index contributed by atoms with van der Waals surface area (Å²) in [6.45, 7) is 1.19. The second-order valence-electron chi connectivity index (χ2n) is 4.41. The molecule has 0 aliphatic carbocycles. The van der Waals surface area contributed by atoms with E-state index < -0.39 is 0 Å². The standard InChI is InChI=1S/C13H16BrNO2/c14-11-4-1-10(2-5-11)3-6-13(17)15-8-7-12(16)9-15/h1-2,4-5,12,16H,3,6-9H2/t12-/m1/s1. The summed E-state index contributed by atoms with van der Waals surface area (Å²) in [6, 6.07) is 8.02. The molecule has 0 bridgehead atoms. The maximum absolute atomic E-state index is 11.8. The molecule has 3 nitrogen and oxygen atoms in total. The quantitative estimate of drug-likeness (QED) is 0.927. The molecule has 92 valence electrons. The van der Waals surface area contributed by atoms with Gasteiger partial charge in [0.25, 0.3) is 0 Å². The molecule has 1 aliphatic rings. The zero-order valence-corrected chi connectivity index (χ0v) is 11.2. The number of aliphatic hydroxyl groups is 1. The first-order valence-electron chi connectivity index (χ1n) is 5.85. The van der Waals surface area contributed by atoms with Gasteiger partial charge in [0.15, 0.2) is 0 Å². The third-order valence-corrected chi connectivity index (χ3v) is 3.59. The molecule has 0 aromatic heterocycles. The van der Waals surface area contributed by atoms with E-state index in [9.17, 15) is 9.90 Å². The summed E-state index contributed by atoms with van der Waals surface area (Å²) in [4.78, 5) is 13.6.